The van der Waals surface area contributed by atoms with E-state index in [2.05, 4.69) is 0 Å². The van der Waals surface area contributed by atoms with Gasteiger partial charge in [-0.1, -0.05) is 0 Å². The summed E-state index contributed by atoms with van der Waals surface area (Å²) in [7, 11) is 0. The molecule has 1 atom stereocenters. The molecule has 1 unspecified atom stereocenters. The molecule has 1 saturated heterocycles. The van der Waals surface area contributed by atoms with Gasteiger partial charge in [-0.3, -0.25) is 0 Å². The molecule has 2 rings (SSSR count). The van der Waals surface area contributed by atoms with Gasteiger partial charge in [-0.15, -0.1) is 0 Å². The molecule has 1 aliphatic heterocycles. The molecule has 1 aliphatic rings. The van der Waals surface area contributed by atoms with Crippen molar-refractivity contribution in [3.63, 3.8) is 0 Å². The van der Waals surface area contributed by atoms with E-state index in [1.807, 2.05) is 12.1 Å². The van der Waals surface area contributed by atoms with Crippen LogP contribution < -0.4 is 10.5 Å². The second kappa shape index (κ2) is 32.9. The number of nitrogen functional groups attached to an aromatic ring is 1. The van der Waals surface area contributed by atoms with Gasteiger partial charge in [-0.2, -0.15) is 0 Å². The molecule has 2 N–H and O–H groups in total. The van der Waals surface area contributed by atoms with Crippen LogP contribution in [0.4, 0.5) is 5.69 Å². The van der Waals surface area contributed by atoms with Gasteiger partial charge < -0.3 is 67.3 Å². The molecule has 0 saturated carbocycles. The van der Waals surface area contributed by atoms with Gasteiger partial charge in [0, 0.05) is 12.3 Å². The minimum atomic E-state index is -0.0669. The van der Waals surface area contributed by atoms with Crippen molar-refractivity contribution >= 4 is 5.69 Å². The van der Waals surface area contributed by atoms with E-state index < -0.39 is 0 Å². The van der Waals surface area contributed by atoms with Crippen LogP contribution in [0.2, 0.25) is 0 Å². The Bertz CT molecular complexity index is 771. The maximum Gasteiger partial charge on any atom is 0.157 e. The molecule has 0 aromatic heterocycles. The minimum absolute atomic E-state index is 0.0669. The molecule has 14 nitrogen and oxygen atoms in total. The zero-order valence-electron chi connectivity index (χ0n) is 28.2. The second-order valence-corrected chi connectivity index (χ2v) is 10.2. The largest absolute Gasteiger partial charge is 0.491 e. The number of anilines is 1. The lowest BCUT2D eigenvalue weighted by molar-refractivity contribution is -0.169. The Morgan fingerprint density at radius 1 is 0.447 bits per heavy atom. The van der Waals surface area contributed by atoms with E-state index in [9.17, 15) is 0 Å². The average molecular weight is 678 g/mol. The molecular weight excluding hydrogens is 618 g/mol. The summed E-state index contributed by atoms with van der Waals surface area (Å²) >= 11 is 0. The highest BCUT2D eigenvalue weighted by atomic mass is 16.7. The molecule has 0 bridgehead atoms. The van der Waals surface area contributed by atoms with Crippen LogP contribution in [0.5, 0.6) is 5.75 Å². The van der Waals surface area contributed by atoms with Crippen LogP contribution in [0, 0.1) is 0 Å². The quantitative estimate of drug-likeness (QED) is 0.0829. The Labute approximate surface area is 280 Å². The Morgan fingerprint density at radius 2 is 0.787 bits per heavy atom. The smallest absolute Gasteiger partial charge is 0.157 e. The maximum atomic E-state index is 5.64. The van der Waals surface area contributed by atoms with Crippen molar-refractivity contribution in [3.8, 4) is 5.75 Å². The first-order valence-corrected chi connectivity index (χ1v) is 16.8. The van der Waals surface area contributed by atoms with Gasteiger partial charge in [-0.25, -0.2) is 0 Å². The molecule has 14 heteroatoms. The number of nitrogens with two attached hydrogens (primary N) is 1. The zero-order chi connectivity index (χ0) is 33.1. The summed E-state index contributed by atoms with van der Waals surface area (Å²) < 4.78 is 71.5. The summed E-state index contributed by atoms with van der Waals surface area (Å²) in [5.41, 5.74) is 6.35. The Morgan fingerprint density at radius 3 is 1.13 bits per heavy atom. The first-order chi connectivity index (χ1) is 23.3. The molecule has 1 heterocycles. The lowest BCUT2D eigenvalue weighted by Crippen LogP contribution is -2.24. The van der Waals surface area contributed by atoms with E-state index in [4.69, 9.17) is 67.3 Å². The van der Waals surface area contributed by atoms with Gasteiger partial charge in [0.15, 0.2) is 6.29 Å². The molecule has 274 valence electrons. The van der Waals surface area contributed by atoms with Crippen molar-refractivity contribution in [2.45, 2.75) is 25.6 Å². The van der Waals surface area contributed by atoms with Crippen molar-refractivity contribution in [1.29, 1.82) is 0 Å². The first-order valence-electron chi connectivity index (χ1n) is 16.8. The average Bonchev–Trinajstić information content (AvgIpc) is 3.09. The molecule has 0 amide bonds. The fourth-order valence-corrected chi connectivity index (χ4v) is 3.94. The van der Waals surface area contributed by atoms with Gasteiger partial charge in [0.25, 0.3) is 0 Å². The first kappa shape index (κ1) is 41.5. The van der Waals surface area contributed by atoms with Gasteiger partial charge in [0.2, 0.25) is 0 Å². The van der Waals surface area contributed by atoms with Crippen LogP contribution in [-0.2, 0) is 56.8 Å². The number of ether oxygens (including phenoxy) is 13. The highest BCUT2D eigenvalue weighted by Gasteiger charge is 2.13. The molecule has 0 radical (unpaired) electrons. The summed E-state index contributed by atoms with van der Waals surface area (Å²) in [6, 6.07) is 7.27. The normalized spacial score (nSPS) is 14.9. The molecule has 0 spiro atoms. The number of rotatable bonds is 35. The SMILES string of the molecule is Nc1ccc(OCCOCCOCCOCCOCCOCCOCCOCCOCCOCCOCCOC2CCCCO2)cc1. The summed E-state index contributed by atoms with van der Waals surface area (Å²) in [5.74, 6) is 0.772. The van der Waals surface area contributed by atoms with Crippen LogP contribution in [0.15, 0.2) is 24.3 Å². The summed E-state index contributed by atoms with van der Waals surface area (Å²) in [6.45, 7) is 12.1. The molecular formula is C33H59NO13. The van der Waals surface area contributed by atoms with Crippen molar-refractivity contribution in [2.75, 3.05) is 158 Å². The topological polar surface area (TPSA) is 146 Å². The molecule has 47 heavy (non-hydrogen) atoms. The van der Waals surface area contributed by atoms with Crippen molar-refractivity contribution < 1.29 is 61.6 Å². The lowest BCUT2D eigenvalue weighted by atomic mass is 10.2. The van der Waals surface area contributed by atoms with E-state index in [1.165, 1.54) is 0 Å². The third-order valence-corrected chi connectivity index (χ3v) is 6.39. The summed E-state index contributed by atoms with van der Waals surface area (Å²) in [6.07, 6.45) is 3.19. The molecule has 1 fully saturated rings. The Hall–Kier alpha value is -1.66. The fraction of sp³-hybridized carbons (Fsp3) is 0.818. The van der Waals surface area contributed by atoms with Gasteiger partial charge in [-0.05, 0) is 43.5 Å². The van der Waals surface area contributed by atoms with E-state index in [0.717, 1.165) is 31.6 Å². The van der Waals surface area contributed by atoms with Crippen LogP contribution in [0.25, 0.3) is 0 Å². The van der Waals surface area contributed by atoms with Crippen molar-refractivity contribution in [3.05, 3.63) is 24.3 Å². The van der Waals surface area contributed by atoms with E-state index in [-0.39, 0.29) is 6.29 Å². The predicted octanol–water partition coefficient (Wildman–Crippen LogP) is 2.36. The van der Waals surface area contributed by atoms with Gasteiger partial charge in [0.1, 0.15) is 12.4 Å². The Kier molecular flexibility index (Phi) is 29.0. The lowest BCUT2D eigenvalue weighted by Gasteiger charge is -2.22. The predicted molar refractivity (Wildman–Crippen MR) is 174 cm³/mol. The monoisotopic (exact) mass is 677 g/mol. The van der Waals surface area contributed by atoms with Crippen molar-refractivity contribution in [1.82, 2.24) is 0 Å². The molecule has 1 aromatic rings. The highest BCUT2D eigenvalue weighted by molar-refractivity contribution is 5.41. The maximum absolute atomic E-state index is 5.64. The minimum Gasteiger partial charge on any atom is -0.491 e. The summed E-state index contributed by atoms with van der Waals surface area (Å²) in [5, 5.41) is 0. The fourth-order valence-electron chi connectivity index (χ4n) is 3.94. The van der Waals surface area contributed by atoms with Crippen LogP contribution in [0.1, 0.15) is 19.3 Å². The molecule has 0 aliphatic carbocycles. The van der Waals surface area contributed by atoms with E-state index in [0.29, 0.717) is 151 Å². The standard InChI is InChI=1S/C33H59NO13/c34-31-4-6-32(7-5-31)45-29-27-43-25-23-41-21-19-39-17-15-37-13-11-35-9-10-36-12-14-38-16-18-40-20-22-42-24-26-44-28-30-47-33-3-1-2-8-46-33/h4-7,33H,1-3,8-30,34H2. The van der Waals surface area contributed by atoms with Crippen LogP contribution in [0.3, 0.4) is 0 Å². The van der Waals surface area contributed by atoms with Gasteiger partial charge >= 0.3 is 0 Å². The third-order valence-electron chi connectivity index (χ3n) is 6.39. The number of hydrogen-bond donors (Lipinski definition) is 1. The second-order valence-electron chi connectivity index (χ2n) is 10.2. The van der Waals surface area contributed by atoms with E-state index >= 15 is 0 Å². The zero-order valence-corrected chi connectivity index (χ0v) is 28.2. The molecule has 1 aromatic carbocycles. The van der Waals surface area contributed by atoms with Crippen LogP contribution in [-0.4, -0.2) is 158 Å². The third kappa shape index (κ3) is 27.9. The Balaban J connectivity index is 1.13. The summed E-state index contributed by atoms with van der Waals surface area (Å²) in [4.78, 5) is 0. The highest BCUT2D eigenvalue weighted by Crippen LogP contribution is 2.13. The van der Waals surface area contributed by atoms with E-state index in [1.54, 1.807) is 12.1 Å². The number of benzene rings is 1. The number of hydrogen-bond acceptors (Lipinski definition) is 14. The van der Waals surface area contributed by atoms with Crippen LogP contribution >= 0.6 is 0 Å². The van der Waals surface area contributed by atoms with Crippen molar-refractivity contribution in [2.24, 2.45) is 0 Å². The van der Waals surface area contributed by atoms with Gasteiger partial charge in [0.05, 0.1) is 139 Å².